The van der Waals surface area contributed by atoms with E-state index in [4.69, 9.17) is 16.1 Å². The molecule has 4 heterocycles. The zero-order chi connectivity index (χ0) is 25.7. The van der Waals surface area contributed by atoms with Gasteiger partial charge in [0.25, 0.3) is 5.91 Å². The molecule has 3 aromatic rings. The monoisotopic (exact) mass is 522 g/mol. The molecule has 1 aliphatic carbocycles. The Hall–Kier alpha value is -3.17. The van der Waals surface area contributed by atoms with Crippen molar-refractivity contribution in [2.24, 2.45) is 5.92 Å². The summed E-state index contributed by atoms with van der Waals surface area (Å²) in [4.78, 5) is 29.6. The fraction of sp³-hybridized carbons (Fsp3) is 0.481. The highest BCUT2D eigenvalue weighted by Crippen LogP contribution is 2.48. The molecule has 3 aliphatic rings. The van der Waals surface area contributed by atoms with Crippen LogP contribution in [0.3, 0.4) is 0 Å². The molecular formula is C27H31ClN6O3. The fourth-order valence-corrected chi connectivity index (χ4v) is 6.32. The number of carbonyl (C=O) groups excluding carboxylic acids is 2. The molecule has 194 valence electrons. The van der Waals surface area contributed by atoms with Crippen LogP contribution in [0.1, 0.15) is 53.1 Å². The number of carbonyl (C=O) groups is 2. The Morgan fingerprint density at radius 3 is 2.76 bits per heavy atom. The largest absolute Gasteiger partial charge is 0.351 e. The molecule has 1 spiro atoms. The van der Waals surface area contributed by atoms with Crippen LogP contribution in [0.2, 0.25) is 5.02 Å². The van der Waals surface area contributed by atoms with Crippen LogP contribution in [0.25, 0.3) is 0 Å². The Kier molecular flexibility index (Phi) is 6.07. The van der Waals surface area contributed by atoms with Gasteiger partial charge in [0.2, 0.25) is 11.7 Å². The van der Waals surface area contributed by atoms with Crippen LogP contribution < -0.4 is 10.2 Å². The van der Waals surface area contributed by atoms with Crippen molar-refractivity contribution in [3.63, 3.8) is 0 Å². The Labute approximate surface area is 220 Å². The third-order valence-electron chi connectivity index (χ3n) is 8.22. The maximum Gasteiger partial charge on any atom is 0.290 e. The standard InChI is InChI=1S/C27H31ClN6O3/c1-17-9-24(37-31-17)25(35)30-21-10-18(11-21)15-34-16-19(13-29-34)14-33-7-5-27(6-8-33)22-12-20(28)3-4-23(22)32(2)26(27)36/h3-4,9,12-13,16,18,21H,5-8,10-11,14-15H2,1-2H3,(H,30,35)/t18-,21-. The van der Waals surface area contributed by atoms with Gasteiger partial charge in [0.1, 0.15) is 0 Å². The second-order valence-corrected chi connectivity index (χ2v) is 11.2. The van der Waals surface area contributed by atoms with Crippen molar-refractivity contribution in [1.29, 1.82) is 0 Å². The Bertz CT molecular complexity index is 1340. The maximum absolute atomic E-state index is 13.2. The van der Waals surface area contributed by atoms with Gasteiger partial charge in [0.05, 0.1) is 17.3 Å². The first-order valence-electron chi connectivity index (χ1n) is 12.9. The van der Waals surface area contributed by atoms with E-state index >= 15 is 0 Å². The second-order valence-electron chi connectivity index (χ2n) is 10.8. The number of amides is 2. The average Bonchev–Trinajstić information content (AvgIpc) is 3.54. The van der Waals surface area contributed by atoms with E-state index in [9.17, 15) is 9.59 Å². The lowest BCUT2D eigenvalue weighted by Gasteiger charge is -2.38. The van der Waals surface area contributed by atoms with Gasteiger partial charge in [-0.1, -0.05) is 16.8 Å². The molecule has 1 saturated carbocycles. The summed E-state index contributed by atoms with van der Waals surface area (Å²) in [7, 11) is 1.86. The number of nitrogens with zero attached hydrogens (tertiary/aromatic N) is 5. The SMILES string of the molecule is Cc1cc(C(=O)N[C@H]2C[C@H](Cn3cc(CN4CCC5(CC4)C(=O)N(C)c4ccc(Cl)cc45)cn3)C2)on1. The normalized spacial score (nSPS) is 22.8. The van der Waals surface area contributed by atoms with E-state index in [-0.39, 0.29) is 23.6 Å². The van der Waals surface area contributed by atoms with Gasteiger partial charge >= 0.3 is 0 Å². The molecule has 2 fully saturated rings. The molecule has 0 atom stereocenters. The molecule has 10 heteroatoms. The first-order valence-corrected chi connectivity index (χ1v) is 13.2. The van der Waals surface area contributed by atoms with Crippen LogP contribution in [0.15, 0.2) is 41.2 Å². The number of benzene rings is 1. The van der Waals surface area contributed by atoms with Gasteiger partial charge in [-0.2, -0.15) is 5.10 Å². The smallest absolute Gasteiger partial charge is 0.290 e. The highest BCUT2D eigenvalue weighted by molar-refractivity contribution is 6.31. The molecule has 1 saturated heterocycles. The van der Waals surface area contributed by atoms with E-state index < -0.39 is 5.41 Å². The van der Waals surface area contributed by atoms with E-state index in [0.717, 1.165) is 63.1 Å². The molecule has 0 radical (unpaired) electrons. The van der Waals surface area contributed by atoms with E-state index in [1.54, 1.807) is 17.9 Å². The highest BCUT2D eigenvalue weighted by atomic mass is 35.5. The maximum atomic E-state index is 13.2. The third-order valence-corrected chi connectivity index (χ3v) is 8.46. The molecule has 0 bridgehead atoms. The lowest BCUT2D eigenvalue weighted by atomic mass is 9.73. The first-order chi connectivity index (χ1) is 17.8. The van der Waals surface area contributed by atoms with Crippen molar-refractivity contribution < 1.29 is 14.1 Å². The predicted molar refractivity (Wildman–Crippen MR) is 138 cm³/mol. The van der Waals surface area contributed by atoms with E-state index in [1.807, 2.05) is 36.1 Å². The van der Waals surface area contributed by atoms with Crippen molar-refractivity contribution in [1.82, 2.24) is 25.2 Å². The Balaban J connectivity index is 0.992. The topological polar surface area (TPSA) is 96.5 Å². The van der Waals surface area contributed by atoms with E-state index in [1.165, 1.54) is 5.56 Å². The van der Waals surface area contributed by atoms with E-state index in [0.29, 0.717) is 16.6 Å². The summed E-state index contributed by atoms with van der Waals surface area (Å²) in [5.41, 5.74) is 3.48. The minimum Gasteiger partial charge on any atom is -0.351 e. The quantitative estimate of drug-likeness (QED) is 0.532. The van der Waals surface area contributed by atoms with Gasteiger partial charge < -0.3 is 14.7 Å². The summed E-state index contributed by atoms with van der Waals surface area (Å²) in [6.45, 7) is 5.17. The Morgan fingerprint density at radius 2 is 2.03 bits per heavy atom. The minimum atomic E-state index is -0.460. The van der Waals surface area contributed by atoms with Crippen LogP contribution in [0.5, 0.6) is 0 Å². The van der Waals surface area contributed by atoms with Crippen LogP contribution in [0, 0.1) is 12.8 Å². The molecule has 1 aromatic carbocycles. The van der Waals surface area contributed by atoms with Crippen LogP contribution in [-0.2, 0) is 23.3 Å². The number of piperidine rings is 1. The van der Waals surface area contributed by atoms with Crippen molar-refractivity contribution in [3.05, 3.63) is 64.3 Å². The molecule has 6 rings (SSSR count). The summed E-state index contributed by atoms with van der Waals surface area (Å²) in [5.74, 6) is 0.731. The average molecular weight is 523 g/mol. The first kappa shape index (κ1) is 24.2. The predicted octanol–water partition coefficient (Wildman–Crippen LogP) is 3.55. The molecule has 37 heavy (non-hydrogen) atoms. The summed E-state index contributed by atoms with van der Waals surface area (Å²) < 4.78 is 7.05. The van der Waals surface area contributed by atoms with Crippen LogP contribution in [-0.4, -0.2) is 57.8 Å². The number of rotatable bonds is 6. The summed E-state index contributed by atoms with van der Waals surface area (Å²) in [6, 6.07) is 7.60. The zero-order valence-electron chi connectivity index (χ0n) is 21.1. The van der Waals surface area contributed by atoms with Gasteiger partial charge in [-0.15, -0.1) is 0 Å². The van der Waals surface area contributed by atoms with Gasteiger partial charge in [-0.05, 0) is 75.4 Å². The number of aromatic nitrogens is 3. The molecule has 2 aliphatic heterocycles. The highest BCUT2D eigenvalue weighted by Gasteiger charge is 2.51. The number of aryl methyl sites for hydroxylation is 1. The molecule has 2 amide bonds. The molecule has 2 aromatic heterocycles. The van der Waals surface area contributed by atoms with Gasteiger partial charge in [-0.25, -0.2) is 0 Å². The van der Waals surface area contributed by atoms with Gasteiger partial charge in [0.15, 0.2) is 0 Å². The summed E-state index contributed by atoms with van der Waals surface area (Å²) in [6.07, 6.45) is 7.50. The van der Waals surface area contributed by atoms with Crippen molar-refractivity contribution in [2.45, 2.75) is 57.2 Å². The number of halogens is 1. The molecule has 9 nitrogen and oxygen atoms in total. The third kappa shape index (κ3) is 4.44. The van der Waals surface area contributed by atoms with Gasteiger partial charge in [0, 0.05) is 54.7 Å². The number of fused-ring (bicyclic) bond motifs is 2. The van der Waals surface area contributed by atoms with Crippen LogP contribution in [0.4, 0.5) is 5.69 Å². The number of anilines is 1. The lowest BCUT2D eigenvalue weighted by Crippen LogP contribution is -2.47. The zero-order valence-corrected chi connectivity index (χ0v) is 21.9. The lowest BCUT2D eigenvalue weighted by molar-refractivity contribution is -0.124. The van der Waals surface area contributed by atoms with Crippen molar-refractivity contribution in [2.75, 3.05) is 25.0 Å². The Morgan fingerprint density at radius 1 is 1.24 bits per heavy atom. The fourth-order valence-electron chi connectivity index (χ4n) is 6.15. The van der Waals surface area contributed by atoms with Crippen molar-refractivity contribution in [3.8, 4) is 0 Å². The minimum absolute atomic E-state index is 0.163. The summed E-state index contributed by atoms with van der Waals surface area (Å²) >= 11 is 6.29. The summed E-state index contributed by atoms with van der Waals surface area (Å²) in [5, 5.41) is 12.0. The second kappa shape index (κ2) is 9.29. The number of nitrogens with one attached hydrogen (secondary N) is 1. The number of likely N-dealkylation sites (N-methyl/N-ethyl adjacent to an activating group) is 1. The van der Waals surface area contributed by atoms with Crippen molar-refractivity contribution >= 4 is 29.1 Å². The van der Waals surface area contributed by atoms with Crippen LogP contribution >= 0.6 is 11.6 Å². The molecule has 1 N–H and O–H groups in total. The van der Waals surface area contributed by atoms with E-state index in [2.05, 4.69) is 26.7 Å². The number of likely N-dealkylation sites (tertiary alicyclic amines) is 1. The number of hydrogen-bond acceptors (Lipinski definition) is 6. The molecule has 0 unspecified atom stereocenters. The molecular weight excluding hydrogens is 492 g/mol. The van der Waals surface area contributed by atoms with Gasteiger partial charge in [-0.3, -0.25) is 19.2 Å². The number of hydrogen-bond donors (Lipinski definition) is 1.